The van der Waals surface area contributed by atoms with Crippen molar-refractivity contribution in [1.82, 2.24) is 5.32 Å². The molecule has 0 rings (SSSR count). The Balaban J connectivity index is 3.95. The van der Waals surface area contributed by atoms with Crippen LogP contribution in [-0.4, -0.2) is 30.9 Å². The van der Waals surface area contributed by atoms with Gasteiger partial charge in [-0.25, -0.2) is 0 Å². The first-order valence-corrected chi connectivity index (χ1v) is 5.36. The maximum absolute atomic E-state index is 11.3. The lowest BCUT2D eigenvalue weighted by Crippen LogP contribution is -2.44. The number of hydrogen-bond acceptors (Lipinski definition) is 3. The van der Waals surface area contributed by atoms with Gasteiger partial charge in [-0.05, 0) is 19.3 Å². The second-order valence-electron chi connectivity index (χ2n) is 3.95. The molecule has 0 aliphatic carbocycles. The average Bonchev–Trinajstić information content (AvgIpc) is 2.13. The number of ether oxygens (including phenoxy) is 1. The van der Waals surface area contributed by atoms with Gasteiger partial charge in [-0.2, -0.15) is 0 Å². The molecule has 0 fully saturated rings. The Bertz CT molecular complexity index is 214. The number of hydrogen-bond donors (Lipinski definition) is 1. The highest BCUT2D eigenvalue weighted by molar-refractivity contribution is 5.88. The second-order valence-corrected chi connectivity index (χ2v) is 3.95. The maximum Gasteiger partial charge on any atom is 0.246 e. The van der Waals surface area contributed by atoms with Gasteiger partial charge in [-0.1, -0.05) is 20.8 Å². The Labute approximate surface area is 91.4 Å². The smallest absolute Gasteiger partial charge is 0.246 e. The summed E-state index contributed by atoms with van der Waals surface area (Å²) in [6.45, 7) is 7.87. The summed E-state index contributed by atoms with van der Waals surface area (Å²) in [6.07, 6.45) is 0.883. The van der Waals surface area contributed by atoms with E-state index in [1.165, 1.54) is 6.92 Å². The maximum atomic E-state index is 11.3. The molecule has 0 bridgehead atoms. The van der Waals surface area contributed by atoms with E-state index in [9.17, 15) is 9.59 Å². The highest BCUT2D eigenvalue weighted by atomic mass is 16.5. The monoisotopic (exact) mass is 215 g/mol. The third kappa shape index (κ3) is 6.23. The van der Waals surface area contributed by atoms with Crippen LogP contribution >= 0.6 is 0 Å². The van der Waals surface area contributed by atoms with Crippen molar-refractivity contribution in [2.45, 2.75) is 40.2 Å². The van der Waals surface area contributed by atoms with Crippen molar-refractivity contribution in [3.8, 4) is 0 Å². The molecule has 1 atom stereocenters. The minimum atomic E-state index is -0.400. The summed E-state index contributed by atoms with van der Waals surface area (Å²) in [7, 11) is 0. The molecular formula is C11H21NO3. The molecule has 0 aliphatic heterocycles. The van der Waals surface area contributed by atoms with Gasteiger partial charge in [-0.15, -0.1) is 0 Å². The highest BCUT2D eigenvalue weighted by Crippen LogP contribution is 2.02. The minimum absolute atomic E-state index is 0.0196. The van der Waals surface area contributed by atoms with Gasteiger partial charge in [0.1, 0.15) is 6.61 Å². The Morgan fingerprint density at radius 2 is 1.93 bits per heavy atom. The van der Waals surface area contributed by atoms with E-state index < -0.39 is 6.04 Å². The normalized spacial score (nSPS) is 12.6. The van der Waals surface area contributed by atoms with Crippen LogP contribution in [0.25, 0.3) is 0 Å². The number of rotatable bonds is 7. The molecule has 0 saturated heterocycles. The van der Waals surface area contributed by atoms with Crippen LogP contribution in [0, 0.1) is 5.92 Å². The first-order valence-electron chi connectivity index (χ1n) is 5.36. The first-order chi connectivity index (χ1) is 6.99. The van der Waals surface area contributed by atoms with Crippen LogP contribution in [0.5, 0.6) is 0 Å². The largest absolute Gasteiger partial charge is 0.372 e. The van der Waals surface area contributed by atoms with Crippen molar-refractivity contribution in [1.29, 1.82) is 0 Å². The molecule has 0 radical (unpaired) electrons. The van der Waals surface area contributed by atoms with Crippen molar-refractivity contribution in [2.24, 2.45) is 5.92 Å². The van der Waals surface area contributed by atoms with Crippen LogP contribution in [0.2, 0.25) is 0 Å². The lowest BCUT2D eigenvalue weighted by atomic mass is 10.0. The molecule has 0 aromatic rings. The molecule has 1 N–H and O–H groups in total. The van der Waals surface area contributed by atoms with E-state index in [4.69, 9.17) is 4.74 Å². The summed E-state index contributed by atoms with van der Waals surface area (Å²) >= 11 is 0. The molecule has 1 unspecified atom stereocenters. The average molecular weight is 215 g/mol. The van der Waals surface area contributed by atoms with Crippen LogP contribution in [0.15, 0.2) is 0 Å². The molecule has 88 valence electrons. The molecule has 0 aromatic carbocycles. The SMILES string of the molecule is CCCOCC(=O)NC(C(C)=O)C(C)C. The van der Waals surface area contributed by atoms with E-state index in [2.05, 4.69) is 5.32 Å². The summed E-state index contributed by atoms with van der Waals surface area (Å²) in [5, 5.41) is 2.66. The predicted molar refractivity (Wildman–Crippen MR) is 58.6 cm³/mol. The van der Waals surface area contributed by atoms with Gasteiger partial charge in [0, 0.05) is 6.61 Å². The fourth-order valence-corrected chi connectivity index (χ4v) is 1.26. The molecule has 0 aromatic heterocycles. The number of Topliss-reactive ketones (excluding diaryl/α,β-unsaturated/α-hetero) is 1. The van der Waals surface area contributed by atoms with Gasteiger partial charge in [-0.3, -0.25) is 9.59 Å². The summed E-state index contributed by atoms with van der Waals surface area (Å²) in [4.78, 5) is 22.5. The van der Waals surface area contributed by atoms with Crippen LogP contribution < -0.4 is 5.32 Å². The Morgan fingerprint density at radius 1 is 1.33 bits per heavy atom. The third-order valence-electron chi connectivity index (χ3n) is 2.00. The number of carbonyl (C=O) groups excluding carboxylic acids is 2. The topological polar surface area (TPSA) is 55.4 Å². The van der Waals surface area contributed by atoms with Gasteiger partial charge < -0.3 is 10.1 Å². The van der Waals surface area contributed by atoms with Crippen molar-refractivity contribution in [2.75, 3.05) is 13.2 Å². The van der Waals surface area contributed by atoms with Crippen LogP contribution in [0.1, 0.15) is 34.1 Å². The van der Waals surface area contributed by atoms with E-state index >= 15 is 0 Å². The lowest BCUT2D eigenvalue weighted by Gasteiger charge is -2.19. The van der Waals surface area contributed by atoms with Crippen LogP contribution in [0.3, 0.4) is 0 Å². The second kappa shape index (κ2) is 7.40. The predicted octanol–water partition coefficient (Wildman–Crippen LogP) is 1.14. The van der Waals surface area contributed by atoms with Crippen LogP contribution in [-0.2, 0) is 14.3 Å². The Hall–Kier alpha value is -0.900. The Morgan fingerprint density at radius 3 is 2.33 bits per heavy atom. The molecular weight excluding hydrogens is 194 g/mol. The fraction of sp³-hybridized carbons (Fsp3) is 0.818. The van der Waals surface area contributed by atoms with Gasteiger partial charge in [0.05, 0.1) is 6.04 Å². The molecule has 0 spiro atoms. The number of amides is 1. The summed E-state index contributed by atoms with van der Waals surface area (Å²) in [5.41, 5.74) is 0. The zero-order valence-corrected chi connectivity index (χ0v) is 10.0. The fourth-order valence-electron chi connectivity index (χ4n) is 1.26. The standard InChI is InChI=1S/C11H21NO3/c1-5-6-15-7-10(14)12-11(8(2)3)9(4)13/h8,11H,5-7H2,1-4H3,(H,12,14). The molecule has 15 heavy (non-hydrogen) atoms. The molecule has 4 nitrogen and oxygen atoms in total. The lowest BCUT2D eigenvalue weighted by molar-refractivity contribution is -0.130. The summed E-state index contributed by atoms with van der Waals surface area (Å²) in [6, 6.07) is -0.400. The van der Waals surface area contributed by atoms with Gasteiger partial charge in [0.15, 0.2) is 5.78 Å². The number of ketones is 1. The zero-order valence-electron chi connectivity index (χ0n) is 10.0. The molecule has 0 saturated carbocycles. The molecule has 4 heteroatoms. The van der Waals surface area contributed by atoms with E-state index in [1.807, 2.05) is 20.8 Å². The van der Waals surface area contributed by atoms with Crippen molar-refractivity contribution < 1.29 is 14.3 Å². The van der Waals surface area contributed by atoms with E-state index in [0.29, 0.717) is 6.61 Å². The van der Waals surface area contributed by atoms with E-state index in [1.54, 1.807) is 0 Å². The van der Waals surface area contributed by atoms with Gasteiger partial charge in [0.2, 0.25) is 5.91 Å². The van der Waals surface area contributed by atoms with Crippen LogP contribution in [0.4, 0.5) is 0 Å². The molecule has 1 amide bonds. The zero-order chi connectivity index (χ0) is 11.8. The Kier molecular flexibility index (Phi) is 6.96. The van der Waals surface area contributed by atoms with Crippen molar-refractivity contribution in [3.63, 3.8) is 0 Å². The summed E-state index contributed by atoms with van der Waals surface area (Å²) < 4.78 is 5.08. The van der Waals surface area contributed by atoms with Crippen molar-refractivity contribution >= 4 is 11.7 Å². The molecule has 0 heterocycles. The summed E-state index contributed by atoms with van der Waals surface area (Å²) in [5.74, 6) is -0.135. The van der Waals surface area contributed by atoms with Crippen molar-refractivity contribution in [3.05, 3.63) is 0 Å². The minimum Gasteiger partial charge on any atom is -0.372 e. The van der Waals surface area contributed by atoms with E-state index in [0.717, 1.165) is 6.42 Å². The molecule has 0 aliphatic rings. The first kappa shape index (κ1) is 14.1. The number of nitrogens with one attached hydrogen (secondary N) is 1. The van der Waals surface area contributed by atoms with Gasteiger partial charge in [0.25, 0.3) is 0 Å². The quantitative estimate of drug-likeness (QED) is 0.648. The van der Waals surface area contributed by atoms with Gasteiger partial charge >= 0.3 is 0 Å². The van der Waals surface area contributed by atoms with E-state index in [-0.39, 0.29) is 24.2 Å². The number of carbonyl (C=O) groups is 2. The third-order valence-corrected chi connectivity index (χ3v) is 2.00. The highest BCUT2D eigenvalue weighted by Gasteiger charge is 2.20.